The minimum absolute atomic E-state index is 0.0452. The number of aryl methyl sites for hydroxylation is 3. The monoisotopic (exact) mass is 423 g/mol. The molecule has 0 aromatic heterocycles. The molecule has 0 bridgehead atoms. The van der Waals surface area contributed by atoms with Crippen LogP contribution < -0.4 is 5.32 Å². The van der Waals surface area contributed by atoms with Crippen LogP contribution in [0.2, 0.25) is 0 Å². The van der Waals surface area contributed by atoms with Gasteiger partial charge < -0.3 is 5.32 Å². The Labute approximate surface area is 183 Å². The van der Waals surface area contributed by atoms with Crippen molar-refractivity contribution >= 4 is 40.1 Å². The van der Waals surface area contributed by atoms with Crippen molar-refractivity contribution in [3.63, 3.8) is 0 Å². The number of hydrogen-bond donors (Lipinski definition) is 1. The fourth-order valence-electron chi connectivity index (χ4n) is 3.31. The van der Waals surface area contributed by atoms with Crippen LogP contribution in [-0.2, 0) is 9.59 Å². The van der Waals surface area contributed by atoms with E-state index in [9.17, 15) is 9.59 Å². The van der Waals surface area contributed by atoms with E-state index in [-0.39, 0.29) is 18.2 Å². The van der Waals surface area contributed by atoms with E-state index in [1.54, 1.807) is 4.90 Å². The lowest BCUT2D eigenvalue weighted by molar-refractivity contribution is -0.128. The predicted octanol–water partition coefficient (Wildman–Crippen LogP) is 5.23. The third kappa shape index (κ3) is 5.51. The molecule has 1 atom stereocenters. The van der Waals surface area contributed by atoms with E-state index < -0.39 is 5.25 Å². The molecule has 0 unspecified atom stereocenters. The molecule has 30 heavy (non-hydrogen) atoms. The van der Waals surface area contributed by atoms with Crippen molar-refractivity contribution in [1.82, 2.24) is 4.90 Å². The fraction of sp³-hybridized carbons (Fsp3) is 0.375. The summed E-state index contributed by atoms with van der Waals surface area (Å²) in [5.41, 5.74) is 4.81. The lowest BCUT2D eigenvalue weighted by Gasteiger charge is -2.18. The van der Waals surface area contributed by atoms with E-state index >= 15 is 0 Å². The van der Waals surface area contributed by atoms with Gasteiger partial charge in [-0.25, -0.2) is 4.99 Å². The number of thioether (sulfide) groups is 1. The van der Waals surface area contributed by atoms with Gasteiger partial charge in [-0.2, -0.15) is 0 Å². The maximum Gasteiger partial charge on any atom is 0.242 e. The molecule has 1 heterocycles. The molecule has 0 aliphatic carbocycles. The van der Waals surface area contributed by atoms with Gasteiger partial charge in [-0.05, 0) is 61.6 Å². The SMILES string of the molecule is Cc1cccc(N=C2S[C@H](CC(=O)Nc3cc(C)ccc3C)C(=O)N2CC(C)C)c1. The van der Waals surface area contributed by atoms with Crippen molar-refractivity contribution in [3.8, 4) is 0 Å². The number of nitrogens with zero attached hydrogens (tertiary/aromatic N) is 2. The summed E-state index contributed by atoms with van der Waals surface area (Å²) in [7, 11) is 0. The zero-order valence-electron chi connectivity index (χ0n) is 18.2. The van der Waals surface area contributed by atoms with Crippen LogP contribution in [0.5, 0.6) is 0 Å². The molecule has 2 aromatic rings. The summed E-state index contributed by atoms with van der Waals surface area (Å²) in [6.45, 7) is 10.7. The number of benzene rings is 2. The normalized spacial score (nSPS) is 17.8. The Bertz CT molecular complexity index is 984. The molecule has 158 valence electrons. The highest BCUT2D eigenvalue weighted by Gasteiger charge is 2.39. The van der Waals surface area contributed by atoms with Crippen LogP contribution >= 0.6 is 11.8 Å². The standard InChI is InChI=1S/C24H29N3O2S/c1-15(2)14-27-23(29)21(30-24(27)25-19-8-6-7-16(3)11-19)13-22(28)26-20-12-17(4)9-10-18(20)5/h6-12,15,21H,13-14H2,1-5H3,(H,26,28)/t21-/m1/s1. The van der Waals surface area contributed by atoms with Crippen molar-refractivity contribution in [2.75, 3.05) is 11.9 Å². The predicted molar refractivity (Wildman–Crippen MR) is 125 cm³/mol. The zero-order chi connectivity index (χ0) is 21.8. The molecule has 1 saturated heterocycles. The van der Waals surface area contributed by atoms with Gasteiger partial charge in [-0.1, -0.05) is 49.9 Å². The number of aliphatic imine (C=N–C) groups is 1. The van der Waals surface area contributed by atoms with Gasteiger partial charge in [0.1, 0.15) is 5.25 Å². The fourth-order valence-corrected chi connectivity index (χ4v) is 4.47. The Balaban J connectivity index is 1.77. The van der Waals surface area contributed by atoms with Crippen molar-refractivity contribution < 1.29 is 9.59 Å². The molecule has 2 amide bonds. The maximum atomic E-state index is 13.1. The molecule has 0 radical (unpaired) electrons. The summed E-state index contributed by atoms with van der Waals surface area (Å²) in [4.78, 5) is 32.2. The number of amidine groups is 1. The summed E-state index contributed by atoms with van der Waals surface area (Å²) in [5, 5.41) is 3.17. The van der Waals surface area contributed by atoms with Crippen LogP contribution in [0.1, 0.15) is 37.0 Å². The molecule has 5 nitrogen and oxygen atoms in total. The van der Waals surface area contributed by atoms with E-state index in [2.05, 4.69) is 19.2 Å². The van der Waals surface area contributed by atoms with Gasteiger partial charge in [0.15, 0.2) is 5.17 Å². The van der Waals surface area contributed by atoms with Crippen LogP contribution in [0.25, 0.3) is 0 Å². The highest BCUT2D eigenvalue weighted by molar-refractivity contribution is 8.15. The number of rotatable bonds is 6. The summed E-state index contributed by atoms with van der Waals surface area (Å²) < 4.78 is 0. The van der Waals surface area contributed by atoms with Crippen molar-refractivity contribution in [2.45, 2.75) is 46.3 Å². The van der Waals surface area contributed by atoms with E-state index in [4.69, 9.17) is 4.99 Å². The molecule has 1 aliphatic heterocycles. The lowest BCUT2D eigenvalue weighted by Crippen LogP contribution is -2.36. The number of carbonyl (C=O) groups excluding carboxylic acids is 2. The maximum absolute atomic E-state index is 13.1. The minimum atomic E-state index is -0.461. The van der Waals surface area contributed by atoms with E-state index in [0.717, 1.165) is 28.1 Å². The zero-order valence-corrected chi connectivity index (χ0v) is 19.0. The summed E-state index contributed by atoms with van der Waals surface area (Å²) in [6.07, 6.45) is 0.123. The highest BCUT2D eigenvalue weighted by Crippen LogP contribution is 2.32. The first kappa shape index (κ1) is 22.1. The van der Waals surface area contributed by atoms with E-state index in [1.807, 2.05) is 63.2 Å². The topological polar surface area (TPSA) is 61.8 Å². The number of hydrogen-bond acceptors (Lipinski definition) is 4. The first-order valence-corrected chi connectivity index (χ1v) is 11.1. The molecule has 0 saturated carbocycles. The Morgan fingerprint density at radius 1 is 1.13 bits per heavy atom. The summed E-state index contributed by atoms with van der Waals surface area (Å²) in [5.74, 6) is 0.104. The molecule has 1 aliphatic rings. The van der Waals surface area contributed by atoms with Gasteiger partial charge in [-0.3, -0.25) is 14.5 Å². The first-order chi connectivity index (χ1) is 14.2. The molecule has 3 rings (SSSR count). The van der Waals surface area contributed by atoms with Crippen molar-refractivity contribution in [1.29, 1.82) is 0 Å². The molecular formula is C24H29N3O2S. The quantitative estimate of drug-likeness (QED) is 0.692. The highest BCUT2D eigenvalue weighted by atomic mass is 32.2. The second-order valence-electron chi connectivity index (χ2n) is 8.25. The molecular weight excluding hydrogens is 394 g/mol. The van der Waals surface area contributed by atoms with Crippen LogP contribution in [-0.4, -0.2) is 33.7 Å². The Hall–Kier alpha value is -2.60. The molecule has 6 heteroatoms. The third-order valence-corrected chi connectivity index (χ3v) is 6.01. The number of amides is 2. The van der Waals surface area contributed by atoms with Gasteiger partial charge in [0.2, 0.25) is 11.8 Å². The van der Waals surface area contributed by atoms with Crippen LogP contribution in [0, 0.1) is 26.7 Å². The van der Waals surface area contributed by atoms with Gasteiger partial charge in [0, 0.05) is 18.7 Å². The van der Waals surface area contributed by atoms with Gasteiger partial charge in [-0.15, -0.1) is 0 Å². The summed E-state index contributed by atoms with van der Waals surface area (Å²) >= 11 is 1.38. The van der Waals surface area contributed by atoms with Gasteiger partial charge in [0.25, 0.3) is 0 Å². The van der Waals surface area contributed by atoms with E-state index in [1.165, 1.54) is 11.8 Å². The van der Waals surface area contributed by atoms with Crippen molar-refractivity contribution in [3.05, 3.63) is 59.2 Å². The third-order valence-electron chi connectivity index (χ3n) is 4.83. The lowest BCUT2D eigenvalue weighted by atomic mass is 10.1. The molecule has 1 N–H and O–H groups in total. The molecule has 1 fully saturated rings. The molecule has 2 aromatic carbocycles. The van der Waals surface area contributed by atoms with Gasteiger partial charge in [0.05, 0.1) is 5.69 Å². The smallest absolute Gasteiger partial charge is 0.242 e. The Morgan fingerprint density at radius 2 is 1.87 bits per heavy atom. The van der Waals surface area contributed by atoms with E-state index in [0.29, 0.717) is 17.6 Å². The van der Waals surface area contributed by atoms with Crippen LogP contribution in [0.15, 0.2) is 47.5 Å². The second-order valence-corrected chi connectivity index (χ2v) is 9.42. The second kappa shape index (κ2) is 9.47. The van der Waals surface area contributed by atoms with Crippen molar-refractivity contribution in [2.24, 2.45) is 10.9 Å². The number of nitrogens with one attached hydrogen (secondary N) is 1. The average Bonchev–Trinajstić information content (AvgIpc) is 2.93. The van der Waals surface area contributed by atoms with Crippen LogP contribution in [0.4, 0.5) is 11.4 Å². The largest absolute Gasteiger partial charge is 0.326 e. The Morgan fingerprint density at radius 3 is 2.57 bits per heavy atom. The number of anilines is 1. The first-order valence-electron chi connectivity index (χ1n) is 10.2. The van der Waals surface area contributed by atoms with Crippen LogP contribution in [0.3, 0.4) is 0 Å². The van der Waals surface area contributed by atoms with Gasteiger partial charge >= 0.3 is 0 Å². The minimum Gasteiger partial charge on any atom is -0.326 e. The summed E-state index contributed by atoms with van der Waals surface area (Å²) in [6, 6.07) is 13.8. The average molecular weight is 424 g/mol. The molecule has 0 spiro atoms. The Kier molecular flexibility index (Phi) is 6.98. The number of carbonyl (C=O) groups is 2.